The molecule has 0 atom stereocenters. The Kier molecular flexibility index (Phi) is 3.51. The molecule has 5 nitrogen and oxygen atoms in total. The summed E-state index contributed by atoms with van der Waals surface area (Å²) in [6.07, 6.45) is 4.53. The van der Waals surface area contributed by atoms with Crippen molar-refractivity contribution in [1.29, 1.82) is 0 Å². The quantitative estimate of drug-likeness (QED) is 0.853. The van der Waals surface area contributed by atoms with Crippen LogP contribution >= 0.6 is 11.6 Å². The highest BCUT2D eigenvalue weighted by Gasteiger charge is 2.42. The van der Waals surface area contributed by atoms with Crippen molar-refractivity contribution in [2.24, 2.45) is 4.99 Å². The van der Waals surface area contributed by atoms with Crippen LogP contribution in [0.3, 0.4) is 0 Å². The molecule has 4 rings (SSSR count). The van der Waals surface area contributed by atoms with E-state index < -0.39 is 0 Å². The second-order valence-electron chi connectivity index (χ2n) is 6.87. The number of benzene rings is 1. The Morgan fingerprint density at radius 1 is 1.21 bits per heavy atom. The van der Waals surface area contributed by atoms with E-state index >= 15 is 0 Å². The van der Waals surface area contributed by atoms with E-state index in [2.05, 4.69) is 24.2 Å². The fourth-order valence-electron chi connectivity index (χ4n) is 3.39. The largest absolute Gasteiger partial charge is 0.320 e. The minimum absolute atomic E-state index is 0.0167. The lowest BCUT2D eigenvalue weighted by Gasteiger charge is -2.46. The first kappa shape index (κ1) is 15.4. The number of aliphatic imine (C=N–C) groups is 1. The van der Waals surface area contributed by atoms with Gasteiger partial charge in [-0.05, 0) is 44.2 Å². The smallest absolute Gasteiger partial charge is 0.298 e. The van der Waals surface area contributed by atoms with Gasteiger partial charge in [-0.25, -0.2) is 4.99 Å². The first-order valence-corrected chi connectivity index (χ1v) is 8.41. The highest BCUT2D eigenvalue weighted by molar-refractivity contribution is 6.45. The van der Waals surface area contributed by atoms with Gasteiger partial charge in [0, 0.05) is 47.7 Å². The zero-order valence-corrected chi connectivity index (χ0v) is 14.5. The number of anilines is 1. The molecule has 0 radical (unpaired) electrons. The van der Waals surface area contributed by atoms with Crippen LogP contribution in [0.4, 0.5) is 5.69 Å². The van der Waals surface area contributed by atoms with Gasteiger partial charge in [0.1, 0.15) is 0 Å². The van der Waals surface area contributed by atoms with E-state index in [-0.39, 0.29) is 11.4 Å². The number of carbonyl (C=O) groups is 1. The first-order chi connectivity index (χ1) is 11.5. The molecule has 0 fully saturated rings. The van der Waals surface area contributed by atoms with Gasteiger partial charge in [-0.3, -0.25) is 9.69 Å². The Morgan fingerprint density at radius 3 is 2.71 bits per heavy atom. The SMILES string of the molecule is CC1(C)CC2=C(CN1)N(c1ccc(Cl)cc1)C(=O)C1=NC=CCN12. The third-order valence-corrected chi connectivity index (χ3v) is 4.85. The summed E-state index contributed by atoms with van der Waals surface area (Å²) in [5, 5.41) is 4.18. The molecule has 24 heavy (non-hydrogen) atoms. The van der Waals surface area contributed by atoms with Crippen LogP contribution < -0.4 is 10.2 Å². The molecule has 1 aromatic rings. The molecule has 3 aliphatic heterocycles. The molecule has 0 aromatic heterocycles. The summed E-state index contributed by atoms with van der Waals surface area (Å²) in [6.45, 7) is 5.69. The van der Waals surface area contributed by atoms with E-state index in [1.165, 1.54) is 0 Å². The summed E-state index contributed by atoms with van der Waals surface area (Å²) in [5.41, 5.74) is 2.96. The molecule has 3 heterocycles. The van der Waals surface area contributed by atoms with Gasteiger partial charge in [0.25, 0.3) is 5.91 Å². The third kappa shape index (κ3) is 2.44. The minimum atomic E-state index is -0.0954. The molecular formula is C18H19ClN4O. The van der Waals surface area contributed by atoms with Gasteiger partial charge >= 0.3 is 0 Å². The summed E-state index contributed by atoms with van der Waals surface area (Å²) in [7, 11) is 0. The van der Waals surface area contributed by atoms with Gasteiger partial charge < -0.3 is 10.2 Å². The Labute approximate surface area is 146 Å². The lowest BCUT2D eigenvalue weighted by molar-refractivity contribution is -0.113. The Hall–Kier alpha value is -2.11. The summed E-state index contributed by atoms with van der Waals surface area (Å²) in [6, 6.07) is 7.36. The molecule has 0 aliphatic carbocycles. The number of halogens is 1. The van der Waals surface area contributed by atoms with Gasteiger partial charge in [-0.15, -0.1) is 0 Å². The van der Waals surface area contributed by atoms with Crippen molar-refractivity contribution in [3.63, 3.8) is 0 Å². The van der Waals surface area contributed by atoms with Crippen LogP contribution in [0.5, 0.6) is 0 Å². The number of hydrogen-bond acceptors (Lipinski definition) is 4. The minimum Gasteiger partial charge on any atom is -0.320 e. The first-order valence-electron chi connectivity index (χ1n) is 8.04. The Balaban J connectivity index is 1.87. The van der Waals surface area contributed by atoms with E-state index in [9.17, 15) is 4.79 Å². The van der Waals surface area contributed by atoms with Crippen molar-refractivity contribution in [2.75, 3.05) is 18.0 Å². The molecule has 0 saturated heterocycles. The maximum atomic E-state index is 13.1. The fraction of sp³-hybridized carbons (Fsp3) is 0.333. The highest BCUT2D eigenvalue weighted by Crippen LogP contribution is 2.36. The predicted octanol–water partition coefficient (Wildman–Crippen LogP) is 2.90. The molecule has 6 heteroatoms. The fourth-order valence-corrected chi connectivity index (χ4v) is 3.52. The zero-order chi connectivity index (χ0) is 16.9. The van der Waals surface area contributed by atoms with E-state index in [0.717, 1.165) is 23.5 Å². The van der Waals surface area contributed by atoms with Crippen LogP contribution in [-0.2, 0) is 4.79 Å². The second kappa shape index (κ2) is 5.46. The van der Waals surface area contributed by atoms with Crippen LogP contribution in [-0.4, -0.2) is 35.3 Å². The molecule has 124 valence electrons. The maximum Gasteiger partial charge on any atom is 0.298 e. The third-order valence-electron chi connectivity index (χ3n) is 4.60. The lowest BCUT2D eigenvalue weighted by Crippen LogP contribution is -2.58. The molecule has 3 aliphatic rings. The average Bonchev–Trinajstić information content (AvgIpc) is 2.57. The van der Waals surface area contributed by atoms with Gasteiger partial charge in [0.15, 0.2) is 5.84 Å². The molecule has 0 unspecified atom stereocenters. The number of rotatable bonds is 1. The van der Waals surface area contributed by atoms with Crippen molar-refractivity contribution in [3.05, 3.63) is 53.0 Å². The van der Waals surface area contributed by atoms with E-state index in [0.29, 0.717) is 23.9 Å². The Bertz CT molecular complexity index is 792. The normalized spacial score (nSPS) is 22.3. The summed E-state index contributed by atoms with van der Waals surface area (Å²) in [5.74, 6) is 0.394. The number of carbonyl (C=O) groups excluding carboxylic acids is 1. The number of nitrogens with one attached hydrogen (secondary N) is 1. The number of nitrogens with zero attached hydrogens (tertiary/aromatic N) is 3. The molecule has 0 spiro atoms. The highest BCUT2D eigenvalue weighted by atomic mass is 35.5. The van der Waals surface area contributed by atoms with Gasteiger partial charge in [0.2, 0.25) is 0 Å². The monoisotopic (exact) mass is 342 g/mol. The molecule has 1 N–H and O–H groups in total. The molecular weight excluding hydrogens is 324 g/mol. The van der Waals surface area contributed by atoms with Crippen LogP contribution in [0.2, 0.25) is 5.02 Å². The number of fused-ring (bicyclic) bond motifs is 2. The summed E-state index contributed by atoms with van der Waals surface area (Å²) in [4.78, 5) is 21.3. The van der Waals surface area contributed by atoms with Crippen LogP contribution in [0, 0.1) is 0 Å². The molecule has 1 amide bonds. The number of amides is 1. The standard InChI is InChI=1S/C18H19ClN4O/c1-18(2)10-14-15(11-21-18)23(13-6-4-12(19)5-7-13)17(24)16-20-8-3-9-22(14)16/h3-8,21H,9-11H2,1-2H3. The molecule has 1 aromatic carbocycles. The van der Waals surface area contributed by atoms with Crippen LogP contribution in [0.25, 0.3) is 0 Å². The van der Waals surface area contributed by atoms with Crippen LogP contribution in [0.15, 0.2) is 52.9 Å². The van der Waals surface area contributed by atoms with Crippen molar-refractivity contribution < 1.29 is 4.79 Å². The number of hydrogen-bond donors (Lipinski definition) is 1. The number of amidine groups is 1. The van der Waals surface area contributed by atoms with Crippen molar-refractivity contribution in [1.82, 2.24) is 10.2 Å². The van der Waals surface area contributed by atoms with Crippen LogP contribution in [0.1, 0.15) is 20.3 Å². The van der Waals surface area contributed by atoms with Crippen molar-refractivity contribution in [3.8, 4) is 0 Å². The zero-order valence-electron chi connectivity index (χ0n) is 13.7. The van der Waals surface area contributed by atoms with Crippen molar-refractivity contribution >= 4 is 29.0 Å². The molecule has 0 saturated carbocycles. The summed E-state index contributed by atoms with van der Waals surface area (Å²) >= 11 is 6.00. The van der Waals surface area contributed by atoms with Gasteiger partial charge in [0.05, 0.1) is 5.70 Å². The van der Waals surface area contributed by atoms with E-state index in [1.54, 1.807) is 23.2 Å². The molecule has 0 bridgehead atoms. The van der Waals surface area contributed by atoms with Gasteiger partial charge in [-0.1, -0.05) is 11.6 Å². The van der Waals surface area contributed by atoms with E-state index in [4.69, 9.17) is 11.6 Å². The Morgan fingerprint density at radius 2 is 1.96 bits per heavy atom. The predicted molar refractivity (Wildman–Crippen MR) is 95.9 cm³/mol. The van der Waals surface area contributed by atoms with Gasteiger partial charge in [-0.2, -0.15) is 0 Å². The average molecular weight is 343 g/mol. The lowest BCUT2D eigenvalue weighted by atomic mass is 9.90. The maximum absolute atomic E-state index is 13.1. The summed E-state index contributed by atoms with van der Waals surface area (Å²) < 4.78 is 0. The second-order valence-corrected chi connectivity index (χ2v) is 7.31. The van der Waals surface area contributed by atoms with E-state index in [1.807, 2.05) is 23.1 Å². The van der Waals surface area contributed by atoms with Crippen molar-refractivity contribution in [2.45, 2.75) is 25.8 Å². The topological polar surface area (TPSA) is 47.9 Å².